The molecule has 1 aliphatic heterocycles. The number of amides is 1. The van der Waals surface area contributed by atoms with E-state index in [2.05, 4.69) is 0 Å². The van der Waals surface area contributed by atoms with Crippen LogP contribution in [0.3, 0.4) is 0 Å². The SMILES string of the molecule is Cc1c(C(=O)OCC(=O)N(C2CCCC2)C2CCS(=O)(=O)C2)oc2c1ccc1ccccc12. The fraction of sp³-hybridized carbons (Fsp3) is 0.440. The van der Waals surface area contributed by atoms with Gasteiger partial charge in [0.1, 0.15) is 5.58 Å². The summed E-state index contributed by atoms with van der Waals surface area (Å²) < 4.78 is 35.3. The Balaban J connectivity index is 1.35. The average molecular weight is 470 g/mol. The van der Waals surface area contributed by atoms with Crippen LogP contribution in [0.2, 0.25) is 0 Å². The van der Waals surface area contributed by atoms with Crippen molar-refractivity contribution in [2.24, 2.45) is 0 Å². The van der Waals surface area contributed by atoms with Crippen LogP contribution in [0.5, 0.6) is 0 Å². The second-order valence-corrected chi connectivity index (χ2v) is 11.3. The first kappa shape index (κ1) is 21.9. The van der Waals surface area contributed by atoms with Crippen molar-refractivity contribution in [3.05, 3.63) is 47.7 Å². The zero-order valence-electron chi connectivity index (χ0n) is 18.6. The highest BCUT2D eigenvalue weighted by Crippen LogP contribution is 2.32. The summed E-state index contributed by atoms with van der Waals surface area (Å²) in [5.41, 5.74) is 1.29. The molecule has 0 N–H and O–H groups in total. The molecule has 33 heavy (non-hydrogen) atoms. The highest BCUT2D eigenvalue weighted by molar-refractivity contribution is 7.91. The van der Waals surface area contributed by atoms with E-state index in [4.69, 9.17) is 9.15 Å². The summed E-state index contributed by atoms with van der Waals surface area (Å²) in [5, 5.41) is 2.74. The first-order valence-corrected chi connectivity index (χ1v) is 13.3. The Morgan fingerprint density at radius 2 is 1.79 bits per heavy atom. The van der Waals surface area contributed by atoms with E-state index in [0.717, 1.165) is 41.8 Å². The lowest BCUT2D eigenvalue weighted by molar-refractivity contribution is -0.139. The second kappa shape index (κ2) is 8.48. The van der Waals surface area contributed by atoms with Gasteiger partial charge < -0.3 is 14.1 Å². The van der Waals surface area contributed by atoms with Crippen molar-refractivity contribution in [2.45, 2.75) is 51.1 Å². The number of fused-ring (bicyclic) bond motifs is 3. The third-order valence-corrected chi connectivity index (χ3v) is 8.70. The van der Waals surface area contributed by atoms with Crippen molar-refractivity contribution in [3.8, 4) is 0 Å². The Labute approximate surface area is 192 Å². The molecule has 7 nitrogen and oxygen atoms in total. The highest BCUT2D eigenvalue weighted by atomic mass is 32.2. The van der Waals surface area contributed by atoms with Gasteiger partial charge >= 0.3 is 5.97 Å². The number of esters is 1. The lowest BCUT2D eigenvalue weighted by atomic mass is 10.1. The maximum absolute atomic E-state index is 13.1. The molecule has 8 heteroatoms. The molecule has 1 saturated heterocycles. The number of furan rings is 1. The topological polar surface area (TPSA) is 93.9 Å². The summed E-state index contributed by atoms with van der Waals surface area (Å²) in [4.78, 5) is 27.7. The van der Waals surface area contributed by atoms with Crippen molar-refractivity contribution < 1.29 is 27.2 Å². The van der Waals surface area contributed by atoms with Gasteiger partial charge in [0, 0.05) is 28.4 Å². The van der Waals surface area contributed by atoms with Crippen LogP contribution in [-0.2, 0) is 19.4 Å². The number of carbonyl (C=O) groups excluding carboxylic acids is 2. The van der Waals surface area contributed by atoms with Crippen LogP contribution in [0.1, 0.15) is 48.2 Å². The molecular formula is C25H27NO6S. The van der Waals surface area contributed by atoms with Crippen LogP contribution in [0.25, 0.3) is 21.7 Å². The molecule has 1 unspecified atom stereocenters. The van der Waals surface area contributed by atoms with Gasteiger partial charge in [-0.3, -0.25) is 4.79 Å². The van der Waals surface area contributed by atoms with Crippen molar-refractivity contribution in [1.29, 1.82) is 0 Å². The smallest absolute Gasteiger partial charge is 0.375 e. The molecule has 1 aliphatic carbocycles. The van der Waals surface area contributed by atoms with E-state index >= 15 is 0 Å². The summed E-state index contributed by atoms with van der Waals surface area (Å²) >= 11 is 0. The summed E-state index contributed by atoms with van der Waals surface area (Å²) in [6.07, 6.45) is 4.17. The summed E-state index contributed by atoms with van der Waals surface area (Å²) in [6, 6.07) is 11.3. The van der Waals surface area contributed by atoms with Gasteiger partial charge in [0.05, 0.1) is 11.5 Å². The van der Waals surface area contributed by atoms with E-state index < -0.39 is 22.4 Å². The number of sulfone groups is 1. The van der Waals surface area contributed by atoms with E-state index in [9.17, 15) is 18.0 Å². The van der Waals surface area contributed by atoms with Gasteiger partial charge in [0.2, 0.25) is 5.76 Å². The molecule has 0 radical (unpaired) electrons. The molecule has 1 amide bonds. The quantitative estimate of drug-likeness (QED) is 0.524. The number of hydrogen-bond donors (Lipinski definition) is 0. The van der Waals surface area contributed by atoms with Gasteiger partial charge in [-0.2, -0.15) is 0 Å². The van der Waals surface area contributed by atoms with Crippen LogP contribution in [0.15, 0.2) is 40.8 Å². The fourth-order valence-corrected chi connectivity index (χ4v) is 7.01. The predicted molar refractivity (Wildman–Crippen MR) is 125 cm³/mol. The zero-order chi connectivity index (χ0) is 23.2. The van der Waals surface area contributed by atoms with Crippen LogP contribution in [0, 0.1) is 6.92 Å². The van der Waals surface area contributed by atoms with Crippen molar-refractivity contribution in [2.75, 3.05) is 18.1 Å². The standard InChI is InChI=1S/C25H27NO6S/c1-16-20-11-10-17-6-2-5-9-21(17)24(20)32-23(16)25(28)31-14-22(27)26(18-7-3-4-8-18)19-12-13-33(29,30)15-19/h2,5-6,9-11,18-19H,3-4,7-8,12-15H2,1H3. The van der Waals surface area contributed by atoms with Gasteiger partial charge in [0.25, 0.3) is 5.91 Å². The molecule has 1 aromatic heterocycles. The van der Waals surface area contributed by atoms with Crippen LogP contribution >= 0.6 is 0 Å². The van der Waals surface area contributed by atoms with Crippen molar-refractivity contribution >= 4 is 43.5 Å². The molecular weight excluding hydrogens is 442 g/mol. The second-order valence-electron chi connectivity index (χ2n) is 9.09. The lowest BCUT2D eigenvalue weighted by Gasteiger charge is -2.33. The van der Waals surface area contributed by atoms with Gasteiger partial charge in [-0.15, -0.1) is 0 Å². The number of hydrogen-bond acceptors (Lipinski definition) is 6. The molecule has 3 aromatic rings. The largest absolute Gasteiger partial charge is 0.450 e. The molecule has 2 aliphatic rings. The summed E-state index contributed by atoms with van der Waals surface area (Å²) in [6.45, 7) is 1.37. The summed E-state index contributed by atoms with van der Waals surface area (Å²) in [5.74, 6) is -0.855. The number of nitrogens with zero attached hydrogens (tertiary/aromatic N) is 1. The average Bonchev–Trinajstić information content (AvgIpc) is 3.52. The number of carbonyl (C=O) groups is 2. The van der Waals surface area contributed by atoms with Crippen LogP contribution in [-0.4, -0.2) is 55.4 Å². The maximum atomic E-state index is 13.1. The Kier molecular flexibility index (Phi) is 5.64. The maximum Gasteiger partial charge on any atom is 0.375 e. The zero-order valence-corrected chi connectivity index (χ0v) is 19.4. The minimum Gasteiger partial charge on any atom is -0.450 e. The van der Waals surface area contributed by atoms with E-state index in [1.165, 1.54) is 0 Å². The molecule has 2 aromatic carbocycles. The Morgan fingerprint density at radius 3 is 2.52 bits per heavy atom. The Morgan fingerprint density at radius 1 is 1.03 bits per heavy atom. The molecule has 0 bridgehead atoms. The highest BCUT2D eigenvalue weighted by Gasteiger charge is 2.39. The van der Waals surface area contributed by atoms with E-state index in [0.29, 0.717) is 17.6 Å². The third kappa shape index (κ3) is 4.12. The Bertz CT molecular complexity index is 1340. The minimum absolute atomic E-state index is 0.00815. The molecule has 1 saturated carbocycles. The fourth-order valence-electron chi connectivity index (χ4n) is 5.29. The number of aryl methyl sites for hydroxylation is 1. The predicted octanol–water partition coefficient (Wildman–Crippen LogP) is 4.01. The van der Waals surface area contributed by atoms with Gasteiger partial charge in [-0.25, -0.2) is 13.2 Å². The first-order chi connectivity index (χ1) is 15.8. The normalized spacial score (nSPS) is 20.5. The molecule has 2 heterocycles. The van der Waals surface area contributed by atoms with Gasteiger partial charge in [0.15, 0.2) is 16.4 Å². The number of benzene rings is 2. The van der Waals surface area contributed by atoms with Crippen LogP contribution < -0.4 is 0 Å². The molecule has 1 atom stereocenters. The van der Waals surface area contributed by atoms with E-state index in [1.54, 1.807) is 11.8 Å². The summed E-state index contributed by atoms with van der Waals surface area (Å²) in [7, 11) is -3.13. The van der Waals surface area contributed by atoms with E-state index in [1.807, 2.05) is 36.4 Å². The molecule has 2 fully saturated rings. The molecule has 0 spiro atoms. The monoisotopic (exact) mass is 469 g/mol. The number of ether oxygens (including phenoxy) is 1. The molecule has 5 rings (SSSR count). The molecule has 174 valence electrons. The number of rotatable bonds is 5. The third-order valence-electron chi connectivity index (χ3n) is 6.95. The minimum atomic E-state index is -3.13. The van der Waals surface area contributed by atoms with E-state index in [-0.39, 0.29) is 35.3 Å². The Hall–Kier alpha value is -2.87. The van der Waals surface area contributed by atoms with Crippen LogP contribution in [0.4, 0.5) is 0 Å². The van der Waals surface area contributed by atoms with Crippen molar-refractivity contribution in [3.63, 3.8) is 0 Å². The van der Waals surface area contributed by atoms with Gasteiger partial charge in [-0.05, 0) is 31.6 Å². The lowest BCUT2D eigenvalue weighted by Crippen LogP contribution is -2.48. The first-order valence-electron chi connectivity index (χ1n) is 11.4. The van der Waals surface area contributed by atoms with Gasteiger partial charge in [-0.1, -0.05) is 49.2 Å². The van der Waals surface area contributed by atoms with Crippen molar-refractivity contribution in [1.82, 2.24) is 4.90 Å².